The average molecular weight is 1110 g/mol. The predicted octanol–water partition coefficient (Wildman–Crippen LogP) is 5.78. The molecule has 76 heavy (non-hydrogen) atoms. The molecule has 0 fully saturated rings. The molecule has 0 aliphatic carbocycles. The highest BCUT2D eigenvalue weighted by Crippen LogP contribution is 2.30. The number of carbonyl (C=O) groups excluding carboxylic acids is 2. The van der Waals surface area contributed by atoms with Crippen molar-refractivity contribution in [2.45, 2.75) is 87.5 Å². The topological polar surface area (TPSA) is 273 Å². The number of benzene rings is 4. The summed E-state index contributed by atoms with van der Waals surface area (Å²) in [6.07, 6.45) is -1.99. The summed E-state index contributed by atoms with van der Waals surface area (Å²) in [4.78, 5) is 62.0. The van der Waals surface area contributed by atoms with Gasteiger partial charge in [-0.15, -0.1) is 0 Å². The summed E-state index contributed by atoms with van der Waals surface area (Å²) in [5.74, 6) is -4.13. The van der Waals surface area contributed by atoms with Crippen molar-refractivity contribution in [3.63, 3.8) is 0 Å². The second kappa shape index (κ2) is 23.6. The molecular weight excluding hydrogens is 1060 g/mol. The van der Waals surface area contributed by atoms with Crippen LogP contribution in [0, 0.1) is 25.5 Å². The number of nitrogens with zero attached hydrogens (tertiary/aromatic N) is 4. The zero-order chi connectivity index (χ0) is 55.3. The second-order valence-corrected chi connectivity index (χ2v) is 22.6. The van der Waals surface area contributed by atoms with Crippen LogP contribution in [-0.4, -0.2) is 93.7 Å². The number of Topliss-reactive ketones (excluding diaryl/α,β-unsaturated/α-hetero) is 2. The van der Waals surface area contributed by atoms with Crippen LogP contribution in [0.2, 0.25) is 0 Å². The van der Waals surface area contributed by atoms with E-state index in [4.69, 9.17) is 22.0 Å². The largest absolute Gasteiger partial charge is 0.383 e. The quantitative estimate of drug-likeness (QED) is 0.0888. The highest BCUT2D eigenvalue weighted by molar-refractivity contribution is 7.87. The third kappa shape index (κ3) is 13.4. The monoisotopic (exact) mass is 1110 g/mol. The maximum absolute atomic E-state index is 13.8. The minimum Gasteiger partial charge on any atom is -0.383 e. The Morgan fingerprint density at radius 3 is 1.46 bits per heavy atom. The Balaban J connectivity index is 0.000000222. The van der Waals surface area contributed by atoms with Gasteiger partial charge >= 0.3 is 20.2 Å². The van der Waals surface area contributed by atoms with Gasteiger partial charge in [0.05, 0.1) is 44.8 Å². The summed E-state index contributed by atoms with van der Waals surface area (Å²) < 4.78 is 132. The van der Waals surface area contributed by atoms with E-state index < -0.39 is 106 Å². The second-order valence-electron chi connectivity index (χ2n) is 17.9. The zero-order valence-corrected chi connectivity index (χ0v) is 44.0. The van der Waals surface area contributed by atoms with Crippen molar-refractivity contribution in [2.24, 2.45) is 0 Å². The summed E-state index contributed by atoms with van der Waals surface area (Å²) >= 11 is 0. The molecular formula is C51H52F2N4O16S3. The average Bonchev–Trinajstić information content (AvgIpc) is 3.64. The van der Waals surface area contributed by atoms with Crippen molar-refractivity contribution in [3.8, 4) is 11.5 Å². The molecule has 2 aliphatic heterocycles. The van der Waals surface area contributed by atoms with E-state index in [2.05, 4.69) is 9.97 Å². The van der Waals surface area contributed by atoms with Crippen LogP contribution in [0.3, 0.4) is 0 Å². The number of hydrogen-bond donors (Lipinski definition) is 1. The summed E-state index contributed by atoms with van der Waals surface area (Å²) in [6.45, 7) is 5.94. The molecule has 4 aromatic carbocycles. The van der Waals surface area contributed by atoms with Gasteiger partial charge in [-0.05, 0) is 99.2 Å². The molecule has 0 saturated heterocycles. The van der Waals surface area contributed by atoms with Crippen molar-refractivity contribution < 1.29 is 70.8 Å². The van der Waals surface area contributed by atoms with E-state index in [0.29, 0.717) is 22.3 Å². The number of halogens is 2. The Labute approximate surface area is 436 Å². The van der Waals surface area contributed by atoms with Gasteiger partial charge in [0.15, 0.2) is 29.1 Å². The number of hydrogen-bond acceptors (Lipinski definition) is 18. The fourth-order valence-electron chi connectivity index (χ4n) is 8.15. The normalized spacial score (nSPS) is 17.7. The standard InChI is InChI=1S/C26H27FN2O9S2.C25H25FN2O7S/c1-16-13-18(9-11-20(16)27)10-12-21(30)23-24(38-40(34,35)19-7-5-4-6-8-19)26(31)29-17(2)14-36-15-22(25(29)28-23)37-39(3,32)33;1-15-12-17(8-10-19(15)26)9-11-20(29)22-23(35-36(32,33)18-6-4-3-5-7-18)25(31)28-16(2)13-34-14-21(30)24(28)27-22/h4-9,11,13,17,22H,10,12,14-15H2,1-3H3;3-8,10,12,16,21,30H,9,11,13-14H2,1-2H3/t17-,22?;16-,21?/m00/s1. The Kier molecular flexibility index (Phi) is 17.6. The van der Waals surface area contributed by atoms with Crippen LogP contribution >= 0.6 is 0 Å². The molecule has 2 aliphatic rings. The summed E-state index contributed by atoms with van der Waals surface area (Å²) in [7, 11) is -13.1. The van der Waals surface area contributed by atoms with E-state index in [1.54, 1.807) is 52.0 Å². The fraction of sp³-hybridized carbons (Fsp3) is 0.333. The van der Waals surface area contributed by atoms with Crippen molar-refractivity contribution in [1.82, 2.24) is 19.1 Å². The van der Waals surface area contributed by atoms with Gasteiger partial charge in [-0.25, -0.2) is 18.7 Å². The number of aliphatic hydroxyl groups excluding tert-OH is 1. The van der Waals surface area contributed by atoms with Crippen LogP contribution in [0.1, 0.15) is 106 Å². The number of ether oxygens (including phenoxy) is 2. The van der Waals surface area contributed by atoms with Crippen LogP contribution in [0.25, 0.3) is 0 Å². The lowest BCUT2D eigenvalue weighted by atomic mass is 10.0. The maximum atomic E-state index is 13.8. The highest BCUT2D eigenvalue weighted by atomic mass is 32.2. The van der Waals surface area contributed by atoms with Gasteiger partial charge in [-0.1, -0.05) is 60.7 Å². The first-order valence-electron chi connectivity index (χ1n) is 23.4. The number of aliphatic hydroxyl groups is 1. The van der Waals surface area contributed by atoms with Gasteiger partial charge in [0.2, 0.25) is 11.5 Å². The van der Waals surface area contributed by atoms with Gasteiger partial charge in [0.25, 0.3) is 21.2 Å². The molecule has 4 heterocycles. The molecule has 0 spiro atoms. The summed E-state index contributed by atoms with van der Waals surface area (Å²) in [5, 5.41) is 10.5. The first-order chi connectivity index (χ1) is 35.8. The molecule has 8 rings (SSSR count). The molecule has 25 heteroatoms. The third-order valence-electron chi connectivity index (χ3n) is 11.9. The number of fused-ring (bicyclic) bond motifs is 2. The van der Waals surface area contributed by atoms with Gasteiger partial charge in [-0.2, -0.15) is 25.3 Å². The summed E-state index contributed by atoms with van der Waals surface area (Å²) in [6, 6.07) is 21.6. The lowest BCUT2D eigenvalue weighted by Crippen LogP contribution is -2.34. The van der Waals surface area contributed by atoms with E-state index in [1.807, 2.05) is 0 Å². The Morgan fingerprint density at radius 1 is 0.632 bits per heavy atom. The molecule has 6 aromatic rings. The number of carbonyl (C=O) groups is 2. The van der Waals surface area contributed by atoms with Crippen LogP contribution in [0.15, 0.2) is 116 Å². The van der Waals surface area contributed by atoms with E-state index in [1.165, 1.54) is 72.8 Å². The first kappa shape index (κ1) is 56.8. The van der Waals surface area contributed by atoms with Gasteiger partial charge in [0, 0.05) is 12.8 Å². The minimum atomic E-state index is -4.57. The maximum Gasteiger partial charge on any atom is 0.339 e. The predicted molar refractivity (Wildman–Crippen MR) is 268 cm³/mol. The zero-order valence-electron chi connectivity index (χ0n) is 41.5. The molecule has 20 nitrogen and oxygen atoms in total. The first-order valence-corrected chi connectivity index (χ1v) is 28.1. The molecule has 0 bridgehead atoms. The van der Waals surface area contributed by atoms with Gasteiger partial charge < -0.3 is 22.9 Å². The van der Waals surface area contributed by atoms with Crippen LogP contribution in [0.5, 0.6) is 11.5 Å². The number of aryl methyl sites for hydroxylation is 4. The Morgan fingerprint density at radius 2 is 1.04 bits per heavy atom. The van der Waals surface area contributed by atoms with Crippen LogP contribution in [0.4, 0.5) is 8.78 Å². The lowest BCUT2D eigenvalue weighted by molar-refractivity contribution is 0.0384. The highest BCUT2D eigenvalue weighted by Gasteiger charge is 2.36. The van der Waals surface area contributed by atoms with Crippen molar-refractivity contribution in [1.29, 1.82) is 0 Å². The number of ketones is 2. The van der Waals surface area contributed by atoms with Crippen LogP contribution < -0.4 is 19.5 Å². The fourth-order valence-corrected chi connectivity index (χ4v) is 10.6. The molecule has 1 N–H and O–H groups in total. The summed E-state index contributed by atoms with van der Waals surface area (Å²) in [5.41, 5.74) is -0.962. The smallest absolute Gasteiger partial charge is 0.339 e. The molecule has 2 unspecified atom stereocenters. The number of rotatable bonds is 16. The SMILES string of the molecule is Cc1cc(CCC(=O)c2nc3n(c(=O)c2OS(=O)(=O)c2ccccc2)[C@@H](C)COCC3O)ccc1F.Cc1cc(CCC(=O)c2nc3n(c(=O)c2OS(=O)(=O)c2ccccc2)[C@@H](C)COCC3OS(C)(=O)=O)ccc1F. The van der Waals surface area contributed by atoms with E-state index in [-0.39, 0.29) is 79.4 Å². The van der Waals surface area contributed by atoms with E-state index in [0.717, 1.165) is 15.4 Å². The van der Waals surface area contributed by atoms with Crippen molar-refractivity contribution in [2.75, 3.05) is 32.7 Å². The van der Waals surface area contributed by atoms with Crippen molar-refractivity contribution in [3.05, 3.63) is 175 Å². The van der Waals surface area contributed by atoms with E-state index >= 15 is 0 Å². The van der Waals surface area contributed by atoms with Crippen LogP contribution in [-0.2, 0) is 56.9 Å². The Bertz CT molecular complexity index is 3640. The number of aromatic nitrogens is 4. The molecule has 0 radical (unpaired) electrons. The minimum absolute atomic E-state index is 0.0553. The molecule has 404 valence electrons. The molecule has 2 aromatic heterocycles. The lowest BCUT2D eigenvalue weighted by Gasteiger charge is -2.21. The van der Waals surface area contributed by atoms with Gasteiger partial charge in [0.1, 0.15) is 39.2 Å². The molecule has 4 atom stereocenters. The third-order valence-corrected chi connectivity index (χ3v) is 15.0. The molecule has 0 amide bonds. The molecule has 0 saturated carbocycles. The van der Waals surface area contributed by atoms with E-state index in [9.17, 15) is 58.3 Å². The van der Waals surface area contributed by atoms with Gasteiger partial charge in [-0.3, -0.25) is 32.5 Å². The van der Waals surface area contributed by atoms with Crippen molar-refractivity contribution >= 4 is 41.9 Å². The Hall–Kier alpha value is -6.87.